The lowest BCUT2D eigenvalue weighted by molar-refractivity contribution is 0.0440. The largest absolute Gasteiger partial charge is 0.445 e. The minimum atomic E-state index is -0.530. The Hall–Kier alpha value is -2.28. The highest BCUT2D eigenvalue weighted by atomic mass is 16.6. The van der Waals surface area contributed by atoms with E-state index in [0.717, 1.165) is 18.4 Å². The van der Waals surface area contributed by atoms with Gasteiger partial charge in [0.05, 0.1) is 6.61 Å². The first-order chi connectivity index (χ1) is 13.3. The van der Waals surface area contributed by atoms with E-state index in [1.807, 2.05) is 51.1 Å². The Labute approximate surface area is 167 Å². The second kappa shape index (κ2) is 10.3. The van der Waals surface area contributed by atoms with Crippen molar-refractivity contribution >= 4 is 12.2 Å². The summed E-state index contributed by atoms with van der Waals surface area (Å²) in [4.78, 5) is 24.2. The van der Waals surface area contributed by atoms with Crippen molar-refractivity contribution in [1.29, 1.82) is 0 Å². The quantitative estimate of drug-likeness (QED) is 0.772. The summed E-state index contributed by atoms with van der Waals surface area (Å²) in [5, 5.41) is 5.87. The van der Waals surface area contributed by atoms with Gasteiger partial charge in [-0.05, 0) is 45.6 Å². The molecule has 3 atom stereocenters. The molecule has 1 aliphatic carbocycles. The Morgan fingerprint density at radius 3 is 2.43 bits per heavy atom. The van der Waals surface area contributed by atoms with Crippen LogP contribution in [0.25, 0.3) is 0 Å². The van der Waals surface area contributed by atoms with E-state index in [1.54, 1.807) is 7.11 Å². The Balaban J connectivity index is 1.82. The zero-order chi connectivity index (χ0) is 20.6. The van der Waals surface area contributed by atoms with E-state index in [0.29, 0.717) is 13.0 Å². The van der Waals surface area contributed by atoms with Crippen LogP contribution in [0.4, 0.5) is 9.59 Å². The first kappa shape index (κ1) is 22.0. The minimum Gasteiger partial charge on any atom is -0.445 e. The fourth-order valence-electron chi connectivity index (χ4n) is 3.37. The average molecular weight is 392 g/mol. The standard InChI is InChI=1S/C21H32N2O5/c1-21(2,3)28-20(25)22-17-10-11-18(16(12-17)14-26-4)23-19(24)27-13-15-8-6-5-7-9-15/h5-9,16-18H,10-14H2,1-4H3,(H,22,25)(H,23,24)/t16?,17?,18-/m0/s1. The van der Waals surface area contributed by atoms with Gasteiger partial charge in [0.2, 0.25) is 0 Å². The van der Waals surface area contributed by atoms with Gasteiger partial charge in [0.1, 0.15) is 12.2 Å². The van der Waals surface area contributed by atoms with E-state index in [1.165, 1.54) is 0 Å². The van der Waals surface area contributed by atoms with Crippen molar-refractivity contribution < 1.29 is 23.8 Å². The van der Waals surface area contributed by atoms with Crippen LogP contribution >= 0.6 is 0 Å². The van der Waals surface area contributed by atoms with Crippen LogP contribution in [-0.4, -0.2) is 43.6 Å². The summed E-state index contributed by atoms with van der Waals surface area (Å²) in [7, 11) is 1.63. The maximum Gasteiger partial charge on any atom is 0.407 e. The van der Waals surface area contributed by atoms with Crippen molar-refractivity contribution in [1.82, 2.24) is 10.6 Å². The molecule has 0 aliphatic heterocycles. The number of benzene rings is 1. The summed E-state index contributed by atoms with van der Waals surface area (Å²) in [6.45, 7) is 6.24. The van der Waals surface area contributed by atoms with Gasteiger partial charge < -0.3 is 24.8 Å². The number of alkyl carbamates (subject to hydrolysis) is 2. The number of rotatable bonds is 6. The fraction of sp³-hybridized carbons (Fsp3) is 0.619. The number of amides is 2. The third kappa shape index (κ3) is 7.76. The highest BCUT2D eigenvalue weighted by Crippen LogP contribution is 2.26. The molecule has 0 heterocycles. The lowest BCUT2D eigenvalue weighted by Gasteiger charge is -2.36. The lowest BCUT2D eigenvalue weighted by Crippen LogP contribution is -2.50. The summed E-state index contributed by atoms with van der Waals surface area (Å²) in [5.74, 6) is 0.0861. The Kier molecular flexibility index (Phi) is 8.11. The first-order valence-electron chi connectivity index (χ1n) is 9.72. The average Bonchev–Trinajstić information content (AvgIpc) is 2.61. The highest BCUT2D eigenvalue weighted by molar-refractivity contribution is 5.68. The van der Waals surface area contributed by atoms with E-state index in [9.17, 15) is 9.59 Å². The molecule has 1 aromatic rings. The first-order valence-corrected chi connectivity index (χ1v) is 9.72. The lowest BCUT2D eigenvalue weighted by atomic mass is 9.82. The highest BCUT2D eigenvalue weighted by Gasteiger charge is 2.33. The van der Waals surface area contributed by atoms with Crippen LogP contribution in [0.3, 0.4) is 0 Å². The summed E-state index contributed by atoms with van der Waals surface area (Å²) < 4.78 is 16.0. The molecule has 1 aliphatic rings. The van der Waals surface area contributed by atoms with Gasteiger partial charge in [-0.1, -0.05) is 30.3 Å². The van der Waals surface area contributed by atoms with Crippen molar-refractivity contribution in [3.05, 3.63) is 35.9 Å². The summed E-state index contributed by atoms with van der Waals surface area (Å²) in [5.41, 5.74) is 0.411. The molecule has 0 radical (unpaired) electrons. The van der Waals surface area contributed by atoms with Gasteiger partial charge in [-0.3, -0.25) is 0 Å². The molecule has 7 heteroatoms. The summed E-state index contributed by atoms with van der Waals surface area (Å²) in [6, 6.07) is 9.49. The zero-order valence-corrected chi connectivity index (χ0v) is 17.2. The molecule has 28 heavy (non-hydrogen) atoms. The van der Waals surface area contributed by atoms with Gasteiger partial charge in [-0.15, -0.1) is 0 Å². The van der Waals surface area contributed by atoms with E-state index in [-0.39, 0.29) is 24.6 Å². The SMILES string of the molecule is COCC1CC(NC(=O)OC(C)(C)C)CC[C@@H]1NC(=O)OCc1ccccc1. The van der Waals surface area contributed by atoms with Crippen LogP contribution in [0.2, 0.25) is 0 Å². The molecule has 7 nitrogen and oxygen atoms in total. The van der Waals surface area contributed by atoms with Crippen LogP contribution in [0, 0.1) is 5.92 Å². The number of carbonyl (C=O) groups is 2. The van der Waals surface area contributed by atoms with Crippen molar-refractivity contribution in [3.8, 4) is 0 Å². The van der Waals surface area contributed by atoms with Crippen molar-refractivity contribution in [2.24, 2.45) is 5.92 Å². The summed E-state index contributed by atoms with van der Waals surface area (Å²) in [6.07, 6.45) is 1.34. The predicted molar refractivity (Wildman–Crippen MR) is 106 cm³/mol. The van der Waals surface area contributed by atoms with Crippen LogP contribution in [-0.2, 0) is 20.8 Å². The molecular formula is C21H32N2O5. The molecule has 0 saturated heterocycles. The molecule has 1 aromatic carbocycles. The van der Waals surface area contributed by atoms with E-state index < -0.39 is 17.8 Å². The van der Waals surface area contributed by atoms with Crippen molar-refractivity contribution in [2.45, 2.75) is 64.3 Å². The van der Waals surface area contributed by atoms with Crippen LogP contribution in [0.1, 0.15) is 45.6 Å². The number of ether oxygens (including phenoxy) is 3. The molecule has 2 N–H and O–H groups in total. The number of methoxy groups -OCH3 is 1. The van der Waals surface area contributed by atoms with Gasteiger partial charge in [-0.2, -0.15) is 0 Å². The molecule has 1 saturated carbocycles. The van der Waals surface area contributed by atoms with E-state index in [2.05, 4.69) is 10.6 Å². The molecular weight excluding hydrogens is 360 g/mol. The Morgan fingerprint density at radius 1 is 1.07 bits per heavy atom. The van der Waals surface area contributed by atoms with E-state index >= 15 is 0 Å². The zero-order valence-electron chi connectivity index (χ0n) is 17.2. The molecule has 2 unspecified atom stereocenters. The molecule has 2 rings (SSSR count). The smallest absolute Gasteiger partial charge is 0.407 e. The molecule has 156 valence electrons. The second-order valence-electron chi connectivity index (χ2n) is 8.18. The van der Waals surface area contributed by atoms with Crippen LogP contribution < -0.4 is 10.6 Å². The molecule has 0 bridgehead atoms. The van der Waals surface area contributed by atoms with Crippen molar-refractivity contribution in [2.75, 3.05) is 13.7 Å². The van der Waals surface area contributed by atoms with Gasteiger partial charge in [0.25, 0.3) is 0 Å². The number of carbonyl (C=O) groups excluding carboxylic acids is 2. The monoisotopic (exact) mass is 392 g/mol. The predicted octanol–water partition coefficient (Wildman–Crippen LogP) is 3.62. The molecule has 0 spiro atoms. The van der Waals surface area contributed by atoms with Gasteiger partial charge in [0, 0.05) is 25.1 Å². The molecule has 0 aromatic heterocycles. The van der Waals surface area contributed by atoms with Gasteiger partial charge in [-0.25, -0.2) is 9.59 Å². The molecule has 1 fully saturated rings. The third-order valence-corrected chi connectivity index (χ3v) is 4.60. The van der Waals surface area contributed by atoms with Gasteiger partial charge in [0.15, 0.2) is 0 Å². The maximum absolute atomic E-state index is 12.2. The number of hydrogen-bond donors (Lipinski definition) is 2. The number of hydrogen-bond acceptors (Lipinski definition) is 5. The minimum absolute atomic E-state index is 0.00612. The Morgan fingerprint density at radius 2 is 1.79 bits per heavy atom. The van der Waals surface area contributed by atoms with Crippen molar-refractivity contribution in [3.63, 3.8) is 0 Å². The van der Waals surface area contributed by atoms with Crippen LogP contribution in [0.5, 0.6) is 0 Å². The fourth-order valence-corrected chi connectivity index (χ4v) is 3.37. The Bertz CT molecular complexity index is 629. The summed E-state index contributed by atoms with van der Waals surface area (Å²) >= 11 is 0. The molecule has 2 amide bonds. The van der Waals surface area contributed by atoms with Crippen LogP contribution in [0.15, 0.2) is 30.3 Å². The second-order valence-corrected chi connectivity index (χ2v) is 8.18. The van der Waals surface area contributed by atoms with E-state index in [4.69, 9.17) is 14.2 Å². The normalized spacial score (nSPS) is 22.2. The van der Waals surface area contributed by atoms with Gasteiger partial charge >= 0.3 is 12.2 Å². The third-order valence-electron chi connectivity index (χ3n) is 4.60. The topological polar surface area (TPSA) is 85.9 Å². The maximum atomic E-state index is 12.2. The number of nitrogens with one attached hydrogen (secondary N) is 2.